The van der Waals surface area contributed by atoms with Crippen LogP contribution in [0, 0.1) is 0 Å². The molecule has 30 heavy (non-hydrogen) atoms. The zero-order valence-electron chi connectivity index (χ0n) is 18.9. The second-order valence-electron chi connectivity index (χ2n) is 7.30. The summed E-state index contributed by atoms with van der Waals surface area (Å²) >= 11 is 0. The summed E-state index contributed by atoms with van der Waals surface area (Å²) in [6.07, 6.45) is 7.38. The lowest BCUT2D eigenvalue weighted by atomic mass is 10.1. The average Bonchev–Trinajstić information content (AvgIpc) is 2.77. The van der Waals surface area contributed by atoms with Crippen molar-refractivity contribution in [1.29, 1.82) is 0 Å². The predicted octanol–water partition coefficient (Wildman–Crippen LogP) is 2.34. The van der Waals surface area contributed by atoms with E-state index < -0.39 is 0 Å². The third-order valence-corrected chi connectivity index (χ3v) is 4.71. The van der Waals surface area contributed by atoms with E-state index in [0.29, 0.717) is 78.6 Å². The molecule has 0 aromatic carbocycles. The molecule has 1 rings (SSSR count). The van der Waals surface area contributed by atoms with Crippen molar-refractivity contribution >= 4 is 5.97 Å². The number of rotatable bonds is 21. The van der Waals surface area contributed by atoms with Crippen molar-refractivity contribution < 1.29 is 33.2 Å². The maximum atomic E-state index is 11.5. The van der Waals surface area contributed by atoms with Gasteiger partial charge in [0.05, 0.1) is 65.6 Å². The number of piperidine rings is 1. The summed E-state index contributed by atoms with van der Waals surface area (Å²) in [7, 11) is 0. The molecule has 1 heterocycles. The molecule has 8 heteroatoms. The Bertz CT molecular complexity index is 378. The summed E-state index contributed by atoms with van der Waals surface area (Å²) in [5, 5.41) is 3.32. The van der Waals surface area contributed by atoms with Gasteiger partial charge in [0.1, 0.15) is 6.61 Å². The molecule has 1 saturated heterocycles. The van der Waals surface area contributed by atoms with Gasteiger partial charge in [-0.2, -0.15) is 0 Å². The molecule has 0 aromatic heterocycles. The summed E-state index contributed by atoms with van der Waals surface area (Å²) in [5.74, 6) is -0.138. The second-order valence-corrected chi connectivity index (χ2v) is 7.30. The first-order valence-electron chi connectivity index (χ1n) is 11.6. The lowest BCUT2D eigenvalue weighted by Gasteiger charge is -2.22. The van der Waals surface area contributed by atoms with Gasteiger partial charge in [0, 0.05) is 6.42 Å². The van der Waals surface area contributed by atoms with E-state index in [-0.39, 0.29) is 5.97 Å². The number of hydrogen-bond donors (Lipinski definition) is 1. The van der Waals surface area contributed by atoms with Crippen molar-refractivity contribution in [3.63, 3.8) is 0 Å². The summed E-state index contributed by atoms with van der Waals surface area (Å²) in [5.41, 5.74) is 0. The Morgan fingerprint density at radius 1 is 0.733 bits per heavy atom. The van der Waals surface area contributed by atoms with E-state index in [9.17, 15) is 4.79 Å². The van der Waals surface area contributed by atoms with E-state index in [1.807, 2.05) is 0 Å². The van der Waals surface area contributed by atoms with Crippen LogP contribution in [0.5, 0.6) is 0 Å². The van der Waals surface area contributed by atoms with Crippen LogP contribution >= 0.6 is 0 Å². The molecule has 0 saturated carbocycles. The van der Waals surface area contributed by atoms with Crippen LogP contribution in [0.2, 0.25) is 0 Å². The Balaban J connectivity index is 1.68. The molecule has 1 fully saturated rings. The van der Waals surface area contributed by atoms with Gasteiger partial charge in [0.2, 0.25) is 0 Å². The molecular formula is C22H43NO7. The highest BCUT2D eigenvalue weighted by Gasteiger charge is 2.12. The maximum Gasteiger partial charge on any atom is 0.305 e. The molecule has 0 unspecified atom stereocenters. The molecule has 178 valence electrons. The highest BCUT2D eigenvalue weighted by atomic mass is 16.6. The van der Waals surface area contributed by atoms with Crippen LogP contribution in [0.15, 0.2) is 0 Å². The standard InChI is InChI=1S/C22H43NO7/c1-2-3-4-5-6-22(24)30-20-18-28-16-14-26-12-11-25-13-15-27-17-19-29-21-7-9-23-10-8-21/h21,23H,2-20H2,1H3. The van der Waals surface area contributed by atoms with E-state index in [1.165, 1.54) is 12.8 Å². The fraction of sp³-hybridized carbons (Fsp3) is 0.955. The van der Waals surface area contributed by atoms with Gasteiger partial charge in [-0.15, -0.1) is 0 Å². The fourth-order valence-corrected chi connectivity index (χ4v) is 2.98. The minimum Gasteiger partial charge on any atom is -0.463 e. The van der Waals surface area contributed by atoms with Crippen LogP contribution in [0.1, 0.15) is 51.9 Å². The largest absolute Gasteiger partial charge is 0.463 e. The quantitative estimate of drug-likeness (QED) is 0.218. The SMILES string of the molecule is CCCCCCC(=O)OCCOCCOCCOCCOCCOC1CCNCC1. The molecular weight excluding hydrogens is 390 g/mol. The highest BCUT2D eigenvalue weighted by molar-refractivity contribution is 5.69. The fourth-order valence-electron chi connectivity index (χ4n) is 2.98. The molecule has 0 spiro atoms. The van der Waals surface area contributed by atoms with Crippen LogP contribution < -0.4 is 5.32 Å². The Morgan fingerprint density at radius 3 is 1.83 bits per heavy atom. The van der Waals surface area contributed by atoms with Gasteiger partial charge in [-0.3, -0.25) is 4.79 Å². The first kappa shape index (κ1) is 27.3. The van der Waals surface area contributed by atoms with Gasteiger partial charge in [-0.1, -0.05) is 26.2 Å². The Kier molecular flexibility index (Phi) is 19.5. The van der Waals surface area contributed by atoms with Crippen molar-refractivity contribution in [2.45, 2.75) is 58.0 Å². The zero-order valence-corrected chi connectivity index (χ0v) is 18.9. The minimum absolute atomic E-state index is 0.138. The van der Waals surface area contributed by atoms with Crippen LogP contribution in [-0.2, 0) is 33.2 Å². The highest BCUT2D eigenvalue weighted by Crippen LogP contribution is 2.06. The normalized spacial score (nSPS) is 14.8. The van der Waals surface area contributed by atoms with Crippen LogP contribution in [0.25, 0.3) is 0 Å². The van der Waals surface area contributed by atoms with Gasteiger partial charge < -0.3 is 33.7 Å². The number of esters is 1. The van der Waals surface area contributed by atoms with Crippen LogP contribution in [0.3, 0.4) is 0 Å². The lowest BCUT2D eigenvalue weighted by molar-refractivity contribution is -0.145. The van der Waals surface area contributed by atoms with Crippen molar-refractivity contribution in [2.24, 2.45) is 0 Å². The van der Waals surface area contributed by atoms with Crippen molar-refractivity contribution in [3.05, 3.63) is 0 Å². The smallest absolute Gasteiger partial charge is 0.305 e. The Hall–Kier alpha value is -0.770. The third kappa shape index (κ3) is 18.0. The van der Waals surface area contributed by atoms with Crippen LogP contribution in [-0.4, -0.2) is 91.2 Å². The predicted molar refractivity (Wildman–Crippen MR) is 115 cm³/mol. The van der Waals surface area contributed by atoms with Crippen molar-refractivity contribution in [2.75, 3.05) is 79.2 Å². The Morgan fingerprint density at radius 2 is 1.27 bits per heavy atom. The topological polar surface area (TPSA) is 84.5 Å². The summed E-state index contributed by atoms with van der Waals surface area (Å²) < 4.78 is 32.6. The van der Waals surface area contributed by atoms with Gasteiger partial charge in [-0.25, -0.2) is 0 Å². The van der Waals surface area contributed by atoms with E-state index in [4.69, 9.17) is 28.4 Å². The summed E-state index contributed by atoms with van der Waals surface area (Å²) in [6, 6.07) is 0. The van der Waals surface area contributed by atoms with Gasteiger partial charge in [-0.05, 0) is 32.4 Å². The van der Waals surface area contributed by atoms with Crippen molar-refractivity contribution in [1.82, 2.24) is 5.32 Å². The number of carbonyl (C=O) groups excluding carboxylic acids is 1. The molecule has 1 aliphatic rings. The zero-order chi connectivity index (χ0) is 21.5. The maximum absolute atomic E-state index is 11.5. The third-order valence-electron chi connectivity index (χ3n) is 4.71. The van der Waals surface area contributed by atoms with E-state index in [1.54, 1.807) is 0 Å². The molecule has 1 N–H and O–H groups in total. The number of hydrogen-bond acceptors (Lipinski definition) is 8. The van der Waals surface area contributed by atoms with E-state index in [0.717, 1.165) is 38.8 Å². The number of carbonyl (C=O) groups is 1. The lowest BCUT2D eigenvalue weighted by Crippen LogP contribution is -2.33. The van der Waals surface area contributed by atoms with Crippen LogP contribution in [0.4, 0.5) is 0 Å². The van der Waals surface area contributed by atoms with Gasteiger partial charge in [0.25, 0.3) is 0 Å². The minimum atomic E-state index is -0.138. The molecule has 0 amide bonds. The van der Waals surface area contributed by atoms with Crippen molar-refractivity contribution in [3.8, 4) is 0 Å². The Labute approximate surface area is 182 Å². The molecule has 0 atom stereocenters. The van der Waals surface area contributed by atoms with Gasteiger partial charge >= 0.3 is 5.97 Å². The first-order valence-corrected chi connectivity index (χ1v) is 11.6. The molecule has 1 aliphatic heterocycles. The average molecular weight is 434 g/mol. The monoisotopic (exact) mass is 433 g/mol. The summed E-state index contributed by atoms with van der Waals surface area (Å²) in [4.78, 5) is 11.5. The second kappa shape index (κ2) is 21.5. The molecule has 0 radical (unpaired) electrons. The number of nitrogens with one attached hydrogen (secondary N) is 1. The first-order chi connectivity index (χ1) is 14.8. The molecule has 0 aromatic rings. The number of unbranched alkanes of at least 4 members (excludes halogenated alkanes) is 3. The van der Waals surface area contributed by atoms with Gasteiger partial charge in [0.15, 0.2) is 0 Å². The number of ether oxygens (including phenoxy) is 6. The van der Waals surface area contributed by atoms with E-state index >= 15 is 0 Å². The summed E-state index contributed by atoms with van der Waals surface area (Å²) in [6.45, 7) is 9.35. The molecule has 0 aliphatic carbocycles. The molecule has 8 nitrogen and oxygen atoms in total. The molecule has 0 bridgehead atoms. The van der Waals surface area contributed by atoms with E-state index in [2.05, 4.69) is 12.2 Å².